The summed E-state index contributed by atoms with van der Waals surface area (Å²) in [6, 6.07) is 16.1. The number of hydrogen-bond acceptors (Lipinski definition) is 6. The van der Waals surface area contributed by atoms with E-state index in [1.807, 2.05) is 37.3 Å². The van der Waals surface area contributed by atoms with Gasteiger partial charge in [-0.3, -0.25) is 19.1 Å². The van der Waals surface area contributed by atoms with Gasteiger partial charge in [0.15, 0.2) is 5.65 Å². The Balaban J connectivity index is 1.88. The van der Waals surface area contributed by atoms with Crippen LogP contribution in [0.15, 0.2) is 78.0 Å². The third kappa shape index (κ3) is 4.65. The van der Waals surface area contributed by atoms with E-state index < -0.39 is 6.04 Å². The van der Waals surface area contributed by atoms with Gasteiger partial charge in [0, 0.05) is 37.2 Å². The fraction of sp³-hybridized carbons (Fsp3) is 0.240. The van der Waals surface area contributed by atoms with Crippen molar-refractivity contribution in [1.29, 1.82) is 0 Å². The molecule has 33 heavy (non-hydrogen) atoms. The summed E-state index contributed by atoms with van der Waals surface area (Å²) in [4.78, 5) is 41.8. The lowest BCUT2D eigenvalue weighted by molar-refractivity contribution is 0.0664. The number of hydrogen-bond donors (Lipinski definition) is 1. The van der Waals surface area contributed by atoms with Crippen molar-refractivity contribution in [2.24, 2.45) is 5.73 Å². The topological polar surface area (TPSA) is 107 Å². The molecule has 8 nitrogen and oxygen atoms in total. The van der Waals surface area contributed by atoms with Crippen molar-refractivity contribution in [3.05, 3.63) is 100 Å². The van der Waals surface area contributed by atoms with Crippen LogP contribution in [-0.2, 0) is 6.54 Å². The molecule has 0 fully saturated rings. The minimum Gasteiger partial charge on any atom is -0.329 e. The summed E-state index contributed by atoms with van der Waals surface area (Å²) in [7, 11) is 0. The van der Waals surface area contributed by atoms with E-state index in [0.29, 0.717) is 41.9 Å². The van der Waals surface area contributed by atoms with E-state index >= 15 is 0 Å². The van der Waals surface area contributed by atoms with E-state index in [1.165, 1.54) is 0 Å². The molecule has 3 heterocycles. The highest BCUT2D eigenvalue weighted by Crippen LogP contribution is 2.25. The summed E-state index contributed by atoms with van der Waals surface area (Å²) in [6.07, 6.45) is 5.33. The van der Waals surface area contributed by atoms with Crippen molar-refractivity contribution < 1.29 is 4.79 Å². The van der Waals surface area contributed by atoms with E-state index in [0.717, 1.165) is 5.56 Å². The molecule has 1 unspecified atom stereocenters. The molecule has 4 aromatic rings. The first-order valence-corrected chi connectivity index (χ1v) is 10.9. The number of carbonyl (C=O) groups is 1. The van der Waals surface area contributed by atoms with Crippen LogP contribution in [-0.4, -0.2) is 43.4 Å². The molecule has 0 aliphatic heterocycles. The molecule has 0 aliphatic carbocycles. The molecule has 168 valence electrons. The molecule has 0 saturated carbocycles. The molecule has 3 aromatic heterocycles. The third-order valence-electron chi connectivity index (χ3n) is 5.56. The zero-order valence-electron chi connectivity index (χ0n) is 18.5. The molecule has 0 saturated heterocycles. The monoisotopic (exact) mass is 442 g/mol. The number of rotatable bonds is 8. The molecule has 8 heteroatoms. The maximum atomic E-state index is 13.5. The standard InChI is InChI=1S/C25H26N6O2/c1-2-21(30(16-12-26)24(32)19-10-14-27-15-11-19)23-29-22-20(9-6-13-28-22)25(33)31(23)17-18-7-4-3-5-8-18/h3-11,13-15,21H,2,12,16-17,26H2,1H3. The fourth-order valence-corrected chi connectivity index (χ4v) is 3.99. The van der Waals surface area contributed by atoms with Crippen LogP contribution in [0.2, 0.25) is 0 Å². The van der Waals surface area contributed by atoms with Gasteiger partial charge >= 0.3 is 0 Å². The van der Waals surface area contributed by atoms with Gasteiger partial charge in [0.1, 0.15) is 5.82 Å². The van der Waals surface area contributed by atoms with Gasteiger partial charge in [-0.2, -0.15) is 0 Å². The van der Waals surface area contributed by atoms with E-state index in [2.05, 4.69) is 9.97 Å². The number of amides is 1. The van der Waals surface area contributed by atoms with Gasteiger partial charge in [0.2, 0.25) is 0 Å². The van der Waals surface area contributed by atoms with Crippen LogP contribution < -0.4 is 11.3 Å². The Morgan fingerprint density at radius 2 is 1.82 bits per heavy atom. The Bertz CT molecular complexity index is 1290. The van der Waals surface area contributed by atoms with Crippen molar-refractivity contribution in [3.63, 3.8) is 0 Å². The second kappa shape index (κ2) is 10.1. The Labute approximate surface area is 191 Å². The first-order chi connectivity index (χ1) is 16.1. The van der Waals surface area contributed by atoms with E-state index in [-0.39, 0.29) is 18.0 Å². The lowest BCUT2D eigenvalue weighted by Gasteiger charge is -2.32. The molecule has 0 spiro atoms. The second-order valence-corrected chi connectivity index (χ2v) is 7.67. The zero-order valence-corrected chi connectivity index (χ0v) is 18.5. The average molecular weight is 443 g/mol. The molecular weight excluding hydrogens is 416 g/mol. The fourth-order valence-electron chi connectivity index (χ4n) is 3.99. The zero-order chi connectivity index (χ0) is 23.2. The summed E-state index contributed by atoms with van der Waals surface area (Å²) in [5, 5.41) is 0.442. The van der Waals surface area contributed by atoms with Crippen molar-refractivity contribution in [1.82, 2.24) is 24.4 Å². The number of nitrogens with zero attached hydrogens (tertiary/aromatic N) is 5. The molecule has 1 atom stereocenters. The molecule has 1 aromatic carbocycles. The van der Waals surface area contributed by atoms with E-state index in [4.69, 9.17) is 10.7 Å². The van der Waals surface area contributed by atoms with Gasteiger partial charge in [-0.1, -0.05) is 37.3 Å². The van der Waals surface area contributed by atoms with Crippen LogP contribution in [0.4, 0.5) is 0 Å². The van der Waals surface area contributed by atoms with E-state index in [1.54, 1.807) is 52.3 Å². The van der Waals surface area contributed by atoms with Gasteiger partial charge in [-0.05, 0) is 36.2 Å². The summed E-state index contributed by atoms with van der Waals surface area (Å²) in [5.74, 6) is 0.310. The van der Waals surface area contributed by atoms with Crippen LogP contribution in [0, 0.1) is 0 Å². The average Bonchev–Trinajstić information content (AvgIpc) is 2.87. The van der Waals surface area contributed by atoms with Crippen molar-refractivity contribution in [2.45, 2.75) is 25.9 Å². The Hall–Kier alpha value is -3.91. The van der Waals surface area contributed by atoms with Crippen LogP contribution in [0.25, 0.3) is 11.0 Å². The number of nitrogens with two attached hydrogens (primary N) is 1. The minimum absolute atomic E-state index is 0.184. The summed E-state index contributed by atoms with van der Waals surface area (Å²) in [6.45, 7) is 2.90. The third-order valence-corrected chi connectivity index (χ3v) is 5.56. The van der Waals surface area contributed by atoms with Gasteiger partial charge < -0.3 is 10.6 Å². The smallest absolute Gasteiger partial charge is 0.263 e. The first-order valence-electron chi connectivity index (χ1n) is 10.9. The number of aromatic nitrogens is 4. The van der Waals surface area contributed by atoms with Gasteiger partial charge in [-0.25, -0.2) is 9.97 Å². The maximum Gasteiger partial charge on any atom is 0.263 e. The molecule has 0 radical (unpaired) electrons. The van der Waals surface area contributed by atoms with Crippen LogP contribution in [0.1, 0.15) is 41.1 Å². The predicted octanol–water partition coefficient (Wildman–Crippen LogP) is 2.79. The van der Waals surface area contributed by atoms with Crippen LogP contribution in [0.3, 0.4) is 0 Å². The molecular formula is C25H26N6O2. The van der Waals surface area contributed by atoms with Crippen molar-refractivity contribution in [3.8, 4) is 0 Å². The predicted molar refractivity (Wildman–Crippen MR) is 127 cm³/mol. The SMILES string of the molecule is CCC(c1nc2ncccc2c(=O)n1Cc1ccccc1)N(CCN)C(=O)c1ccncc1. The quantitative estimate of drug-likeness (QED) is 0.450. The summed E-state index contributed by atoms with van der Waals surface area (Å²) >= 11 is 0. The summed E-state index contributed by atoms with van der Waals surface area (Å²) < 4.78 is 1.65. The lowest BCUT2D eigenvalue weighted by Crippen LogP contribution is -2.41. The molecule has 1 amide bonds. The molecule has 4 rings (SSSR count). The highest BCUT2D eigenvalue weighted by atomic mass is 16.2. The number of benzene rings is 1. The van der Waals surface area contributed by atoms with Crippen LogP contribution in [0.5, 0.6) is 0 Å². The Kier molecular flexibility index (Phi) is 6.85. The van der Waals surface area contributed by atoms with Gasteiger partial charge in [0.25, 0.3) is 11.5 Å². The number of pyridine rings is 2. The molecule has 2 N–H and O–H groups in total. The van der Waals surface area contributed by atoms with Crippen molar-refractivity contribution >= 4 is 16.9 Å². The summed E-state index contributed by atoms with van der Waals surface area (Å²) in [5.41, 5.74) is 7.54. The highest BCUT2D eigenvalue weighted by Gasteiger charge is 2.29. The van der Waals surface area contributed by atoms with Crippen molar-refractivity contribution in [2.75, 3.05) is 13.1 Å². The van der Waals surface area contributed by atoms with Gasteiger partial charge in [-0.15, -0.1) is 0 Å². The Morgan fingerprint density at radius 1 is 1.06 bits per heavy atom. The maximum absolute atomic E-state index is 13.5. The Morgan fingerprint density at radius 3 is 2.52 bits per heavy atom. The largest absolute Gasteiger partial charge is 0.329 e. The van der Waals surface area contributed by atoms with Crippen LogP contribution >= 0.6 is 0 Å². The normalized spacial score (nSPS) is 11.9. The highest BCUT2D eigenvalue weighted by molar-refractivity contribution is 5.94. The van der Waals surface area contributed by atoms with E-state index in [9.17, 15) is 9.59 Å². The number of carbonyl (C=O) groups excluding carboxylic acids is 1. The lowest BCUT2D eigenvalue weighted by atomic mass is 10.1. The number of fused-ring (bicyclic) bond motifs is 1. The second-order valence-electron chi connectivity index (χ2n) is 7.67. The first kappa shape index (κ1) is 22.3. The van der Waals surface area contributed by atoms with Gasteiger partial charge in [0.05, 0.1) is 18.0 Å². The molecule has 0 bridgehead atoms. The molecule has 0 aliphatic rings. The minimum atomic E-state index is -0.461.